The fourth-order valence-electron chi connectivity index (χ4n) is 2.26. The molecule has 94 valence electrons. The van der Waals surface area contributed by atoms with Gasteiger partial charge in [0.15, 0.2) is 6.61 Å². The molecular formula is C13H15N3O2. The molecule has 0 radical (unpaired) electrons. The van der Waals surface area contributed by atoms with Crippen molar-refractivity contribution in [3.63, 3.8) is 0 Å². The molecule has 3 rings (SSSR count). The Morgan fingerprint density at radius 2 is 2.39 bits per heavy atom. The van der Waals surface area contributed by atoms with Gasteiger partial charge in [-0.3, -0.25) is 0 Å². The van der Waals surface area contributed by atoms with E-state index in [9.17, 15) is 0 Å². The standard InChI is InChI=1S/C13H15N3O2/c1-8-15-13(16-18-8)7-17-10-3-4-11-9(6-10)2-5-12(11)14/h3-4,6,12H,2,5,7,14H2,1H3/t12-/m0/s1. The summed E-state index contributed by atoms with van der Waals surface area (Å²) >= 11 is 0. The molecule has 0 amide bonds. The van der Waals surface area contributed by atoms with Gasteiger partial charge in [0.2, 0.25) is 11.7 Å². The number of rotatable bonds is 3. The normalized spacial score (nSPS) is 17.8. The number of ether oxygens (including phenoxy) is 1. The summed E-state index contributed by atoms with van der Waals surface area (Å²) in [6.45, 7) is 2.08. The summed E-state index contributed by atoms with van der Waals surface area (Å²) in [4.78, 5) is 4.09. The molecule has 0 unspecified atom stereocenters. The molecule has 1 aromatic carbocycles. The second kappa shape index (κ2) is 4.42. The van der Waals surface area contributed by atoms with Crippen LogP contribution in [-0.4, -0.2) is 10.1 Å². The van der Waals surface area contributed by atoms with E-state index in [1.54, 1.807) is 6.92 Å². The van der Waals surface area contributed by atoms with E-state index in [0.29, 0.717) is 18.3 Å². The maximum absolute atomic E-state index is 5.99. The Balaban J connectivity index is 1.70. The second-order valence-electron chi connectivity index (χ2n) is 4.52. The van der Waals surface area contributed by atoms with Crippen molar-refractivity contribution in [1.29, 1.82) is 0 Å². The van der Waals surface area contributed by atoms with Crippen LogP contribution < -0.4 is 10.5 Å². The van der Waals surface area contributed by atoms with Crippen molar-refractivity contribution in [3.8, 4) is 5.75 Å². The number of aryl methyl sites for hydroxylation is 2. The maximum atomic E-state index is 5.99. The van der Waals surface area contributed by atoms with Gasteiger partial charge in [-0.1, -0.05) is 11.2 Å². The Morgan fingerprint density at radius 3 is 3.17 bits per heavy atom. The molecule has 0 saturated carbocycles. The largest absolute Gasteiger partial charge is 0.485 e. The van der Waals surface area contributed by atoms with Gasteiger partial charge in [0, 0.05) is 13.0 Å². The first-order valence-electron chi connectivity index (χ1n) is 6.03. The third kappa shape index (κ3) is 2.09. The topological polar surface area (TPSA) is 74.2 Å². The molecule has 1 aromatic heterocycles. The molecule has 5 heteroatoms. The van der Waals surface area contributed by atoms with E-state index in [0.717, 1.165) is 18.6 Å². The van der Waals surface area contributed by atoms with E-state index in [-0.39, 0.29) is 6.04 Å². The zero-order valence-electron chi connectivity index (χ0n) is 10.2. The van der Waals surface area contributed by atoms with Gasteiger partial charge in [0.05, 0.1) is 0 Å². The van der Waals surface area contributed by atoms with Gasteiger partial charge < -0.3 is 15.0 Å². The van der Waals surface area contributed by atoms with Gasteiger partial charge in [-0.25, -0.2) is 0 Å². The van der Waals surface area contributed by atoms with Crippen LogP contribution in [0.15, 0.2) is 22.7 Å². The number of aromatic nitrogens is 2. The molecule has 0 fully saturated rings. The lowest BCUT2D eigenvalue weighted by Crippen LogP contribution is -2.05. The molecule has 1 aliphatic carbocycles. The summed E-state index contributed by atoms with van der Waals surface area (Å²) in [7, 11) is 0. The minimum absolute atomic E-state index is 0.175. The highest BCUT2D eigenvalue weighted by Crippen LogP contribution is 2.31. The van der Waals surface area contributed by atoms with Crippen LogP contribution in [0.5, 0.6) is 5.75 Å². The molecule has 1 atom stereocenters. The SMILES string of the molecule is Cc1nc(COc2ccc3c(c2)CC[C@@H]3N)no1. The Hall–Kier alpha value is -1.88. The van der Waals surface area contributed by atoms with Crippen molar-refractivity contribution in [2.75, 3.05) is 0 Å². The smallest absolute Gasteiger partial charge is 0.223 e. The zero-order valence-corrected chi connectivity index (χ0v) is 10.2. The van der Waals surface area contributed by atoms with Gasteiger partial charge in [-0.15, -0.1) is 0 Å². The van der Waals surface area contributed by atoms with Crippen molar-refractivity contribution >= 4 is 0 Å². The second-order valence-corrected chi connectivity index (χ2v) is 4.52. The van der Waals surface area contributed by atoms with Crippen LogP contribution >= 0.6 is 0 Å². The third-order valence-electron chi connectivity index (χ3n) is 3.18. The van der Waals surface area contributed by atoms with E-state index in [1.807, 2.05) is 12.1 Å². The molecule has 0 bridgehead atoms. The molecule has 0 spiro atoms. The van der Waals surface area contributed by atoms with Crippen LogP contribution in [0.4, 0.5) is 0 Å². The van der Waals surface area contributed by atoms with Crippen LogP contribution in [0.2, 0.25) is 0 Å². The number of fused-ring (bicyclic) bond motifs is 1. The molecule has 2 N–H and O–H groups in total. The number of hydrogen-bond donors (Lipinski definition) is 1. The Kier molecular flexibility index (Phi) is 2.76. The summed E-state index contributed by atoms with van der Waals surface area (Å²) in [5.74, 6) is 1.93. The fraction of sp³-hybridized carbons (Fsp3) is 0.385. The summed E-state index contributed by atoms with van der Waals surface area (Å²) < 4.78 is 10.5. The summed E-state index contributed by atoms with van der Waals surface area (Å²) in [6, 6.07) is 6.21. The van der Waals surface area contributed by atoms with E-state index in [1.165, 1.54) is 11.1 Å². The first-order chi connectivity index (χ1) is 8.72. The monoisotopic (exact) mass is 245 g/mol. The van der Waals surface area contributed by atoms with Crippen LogP contribution in [0.3, 0.4) is 0 Å². The molecule has 18 heavy (non-hydrogen) atoms. The number of hydrogen-bond acceptors (Lipinski definition) is 5. The zero-order chi connectivity index (χ0) is 12.5. The van der Waals surface area contributed by atoms with Crippen molar-refractivity contribution in [1.82, 2.24) is 10.1 Å². The third-order valence-corrected chi connectivity index (χ3v) is 3.18. The maximum Gasteiger partial charge on any atom is 0.223 e. The Morgan fingerprint density at radius 1 is 1.50 bits per heavy atom. The van der Waals surface area contributed by atoms with Gasteiger partial charge in [-0.05, 0) is 36.1 Å². The molecule has 0 saturated heterocycles. The Labute approximate surface area is 105 Å². The highest BCUT2D eigenvalue weighted by atomic mass is 16.5. The fourth-order valence-corrected chi connectivity index (χ4v) is 2.26. The molecular weight excluding hydrogens is 230 g/mol. The van der Waals surface area contributed by atoms with Crippen LogP contribution in [0.1, 0.15) is 35.3 Å². The minimum atomic E-state index is 0.175. The highest BCUT2D eigenvalue weighted by Gasteiger charge is 2.19. The first kappa shape index (κ1) is 11.2. The van der Waals surface area contributed by atoms with Crippen molar-refractivity contribution in [2.45, 2.75) is 32.4 Å². The molecule has 0 aliphatic heterocycles. The first-order valence-corrected chi connectivity index (χ1v) is 6.03. The van der Waals surface area contributed by atoms with Gasteiger partial charge in [0.25, 0.3) is 0 Å². The molecule has 2 aromatic rings. The van der Waals surface area contributed by atoms with Crippen molar-refractivity contribution in [2.24, 2.45) is 5.73 Å². The van der Waals surface area contributed by atoms with Crippen LogP contribution in [0.25, 0.3) is 0 Å². The lowest BCUT2D eigenvalue weighted by Gasteiger charge is -2.07. The molecule has 5 nitrogen and oxygen atoms in total. The van der Waals surface area contributed by atoms with E-state index in [2.05, 4.69) is 16.2 Å². The minimum Gasteiger partial charge on any atom is -0.485 e. The molecule has 1 aliphatic rings. The summed E-state index contributed by atoms with van der Waals surface area (Å²) in [5, 5.41) is 3.78. The van der Waals surface area contributed by atoms with E-state index < -0.39 is 0 Å². The molecule has 1 heterocycles. The van der Waals surface area contributed by atoms with Crippen LogP contribution in [-0.2, 0) is 13.0 Å². The summed E-state index contributed by atoms with van der Waals surface area (Å²) in [5.41, 5.74) is 8.51. The lowest BCUT2D eigenvalue weighted by molar-refractivity contribution is 0.285. The highest BCUT2D eigenvalue weighted by molar-refractivity contribution is 5.40. The van der Waals surface area contributed by atoms with Gasteiger partial charge in [-0.2, -0.15) is 4.98 Å². The van der Waals surface area contributed by atoms with Crippen molar-refractivity contribution in [3.05, 3.63) is 41.0 Å². The Bertz CT molecular complexity index is 565. The quantitative estimate of drug-likeness (QED) is 0.894. The van der Waals surface area contributed by atoms with Crippen molar-refractivity contribution < 1.29 is 9.26 Å². The predicted octanol–water partition coefficient (Wildman–Crippen LogP) is 1.90. The van der Waals surface area contributed by atoms with Gasteiger partial charge in [0.1, 0.15) is 5.75 Å². The average molecular weight is 245 g/mol. The van der Waals surface area contributed by atoms with E-state index >= 15 is 0 Å². The van der Waals surface area contributed by atoms with E-state index in [4.69, 9.17) is 15.0 Å². The number of nitrogens with zero attached hydrogens (tertiary/aromatic N) is 2. The average Bonchev–Trinajstić information content (AvgIpc) is 2.94. The van der Waals surface area contributed by atoms with Gasteiger partial charge >= 0.3 is 0 Å². The predicted molar refractivity (Wildman–Crippen MR) is 65.1 cm³/mol. The number of benzene rings is 1. The lowest BCUT2D eigenvalue weighted by atomic mass is 10.1. The van der Waals surface area contributed by atoms with Crippen LogP contribution in [0, 0.1) is 6.92 Å². The summed E-state index contributed by atoms with van der Waals surface area (Å²) in [6.07, 6.45) is 2.04. The number of nitrogens with two attached hydrogens (primary N) is 1.